The van der Waals surface area contributed by atoms with Crippen molar-refractivity contribution in [3.63, 3.8) is 0 Å². The van der Waals surface area contributed by atoms with Crippen molar-refractivity contribution in [2.24, 2.45) is 0 Å². The number of aromatic nitrogens is 2. The van der Waals surface area contributed by atoms with Crippen LogP contribution in [0.25, 0.3) is 11.0 Å². The SMILES string of the molecule is COC(=O)c1ccc2nc(CN3CCN(c4cccc5c4OC(c4ccc(Cl)cc4F)CO5)CC3)n(C[C@@H]3CCO3)c2c1. The first-order valence-electron chi connectivity index (χ1n) is 14.5. The molecule has 224 valence electrons. The number of hydrogen-bond acceptors (Lipinski definition) is 8. The molecule has 0 N–H and O–H groups in total. The van der Waals surface area contributed by atoms with E-state index in [4.69, 9.17) is 35.5 Å². The summed E-state index contributed by atoms with van der Waals surface area (Å²) in [5, 5.41) is 0.342. The molecule has 7 rings (SSSR count). The molecule has 3 aromatic carbocycles. The lowest BCUT2D eigenvalue weighted by Crippen LogP contribution is -2.46. The number of rotatable bonds is 7. The van der Waals surface area contributed by atoms with Crippen LogP contribution < -0.4 is 14.4 Å². The van der Waals surface area contributed by atoms with Crippen molar-refractivity contribution in [2.45, 2.75) is 31.7 Å². The molecule has 1 aromatic heterocycles. The number of anilines is 1. The van der Waals surface area contributed by atoms with Crippen LogP contribution in [0.15, 0.2) is 54.6 Å². The zero-order valence-corrected chi connectivity index (χ0v) is 24.6. The number of para-hydroxylation sites is 1. The minimum Gasteiger partial charge on any atom is -0.485 e. The first-order valence-corrected chi connectivity index (χ1v) is 14.9. The van der Waals surface area contributed by atoms with Gasteiger partial charge in [-0.1, -0.05) is 23.7 Å². The predicted molar refractivity (Wildman–Crippen MR) is 160 cm³/mol. The molecule has 0 bridgehead atoms. The number of imidazole rings is 1. The van der Waals surface area contributed by atoms with Crippen LogP contribution in [0, 0.1) is 5.82 Å². The van der Waals surface area contributed by atoms with Crippen LogP contribution in [-0.2, 0) is 22.6 Å². The van der Waals surface area contributed by atoms with E-state index in [1.54, 1.807) is 18.2 Å². The molecular formula is C32H32ClFN4O5. The molecule has 4 heterocycles. The largest absolute Gasteiger partial charge is 0.485 e. The third-order valence-corrected chi connectivity index (χ3v) is 8.66. The van der Waals surface area contributed by atoms with Crippen molar-refractivity contribution >= 4 is 34.3 Å². The van der Waals surface area contributed by atoms with Gasteiger partial charge < -0.3 is 28.4 Å². The molecule has 3 aliphatic heterocycles. The monoisotopic (exact) mass is 606 g/mol. The summed E-state index contributed by atoms with van der Waals surface area (Å²) in [7, 11) is 1.39. The third-order valence-electron chi connectivity index (χ3n) is 8.42. The van der Waals surface area contributed by atoms with E-state index in [1.807, 2.05) is 30.3 Å². The average molecular weight is 607 g/mol. The number of carbonyl (C=O) groups is 1. The van der Waals surface area contributed by atoms with E-state index in [0.29, 0.717) is 40.7 Å². The van der Waals surface area contributed by atoms with Gasteiger partial charge in [0.15, 0.2) is 17.6 Å². The second kappa shape index (κ2) is 11.7. The second-order valence-corrected chi connectivity index (χ2v) is 11.5. The molecule has 2 saturated heterocycles. The normalized spacial score (nSPS) is 20.2. The maximum Gasteiger partial charge on any atom is 0.337 e. The van der Waals surface area contributed by atoms with Crippen molar-refractivity contribution < 1.29 is 28.1 Å². The second-order valence-electron chi connectivity index (χ2n) is 11.1. The molecule has 11 heteroatoms. The summed E-state index contributed by atoms with van der Waals surface area (Å²) in [6, 6.07) is 16.0. The number of benzene rings is 3. The smallest absolute Gasteiger partial charge is 0.337 e. The number of esters is 1. The molecule has 3 aliphatic rings. The predicted octanol–water partition coefficient (Wildman–Crippen LogP) is 5.24. The van der Waals surface area contributed by atoms with Crippen LogP contribution in [0.1, 0.15) is 34.3 Å². The number of ether oxygens (including phenoxy) is 4. The first-order chi connectivity index (χ1) is 21.0. The van der Waals surface area contributed by atoms with Gasteiger partial charge in [0.1, 0.15) is 18.2 Å². The average Bonchev–Trinajstić information content (AvgIpc) is 3.34. The lowest BCUT2D eigenvalue weighted by atomic mass is 10.1. The van der Waals surface area contributed by atoms with E-state index in [1.165, 1.54) is 13.2 Å². The summed E-state index contributed by atoms with van der Waals surface area (Å²) in [6.45, 7) is 5.54. The Morgan fingerprint density at radius 3 is 2.70 bits per heavy atom. The van der Waals surface area contributed by atoms with Gasteiger partial charge in [0.05, 0.1) is 48.6 Å². The van der Waals surface area contributed by atoms with Crippen LogP contribution in [0.3, 0.4) is 0 Å². The summed E-state index contributed by atoms with van der Waals surface area (Å²) in [5.41, 5.74) is 3.61. The third kappa shape index (κ3) is 5.50. The topological polar surface area (TPSA) is 78.3 Å². The molecule has 43 heavy (non-hydrogen) atoms. The summed E-state index contributed by atoms with van der Waals surface area (Å²) in [4.78, 5) is 21.8. The first kappa shape index (κ1) is 27.9. The Morgan fingerprint density at radius 1 is 1.12 bits per heavy atom. The molecule has 1 unspecified atom stereocenters. The van der Waals surface area contributed by atoms with Crippen LogP contribution in [0.2, 0.25) is 5.02 Å². The van der Waals surface area contributed by atoms with Crippen molar-refractivity contribution in [2.75, 3.05) is 51.4 Å². The number of nitrogens with zero attached hydrogens (tertiary/aromatic N) is 4. The van der Waals surface area contributed by atoms with Gasteiger partial charge in [0.25, 0.3) is 0 Å². The molecule has 4 aromatic rings. The van der Waals surface area contributed by atoms with Crippen molar-refractivity contribution in [1.29, 1.82) is 0 Å². The number of halogens is 2. The fourth-order valence-electron chi connectivity index (χ4n) is 5.96. The molecule has 9 nitrogen and oxygen atoms in total. The number of piperazine rings is 1. The molecule has 2 fully saturated rings. The van der Waals surface area contributed by atoms with Crippen molar-refractivity contribution in [3.05, 3.63) is 82.4 Å². The zero-order chi connectivity index (χ0) is 29.5. The van der Waals surface area contributed by atoms with Gasteiger partial charge in [-0.2, -0.15) is 0 Å². The summed E-state index contributed by atoms with van der Waals surface area (Å²) < 4.78 is 39.9. The Labute approximate surface area is 253 Å². The van der Waals surface area contributed by atoms with E-state index >= 15 is 0 Å². The number of hydrogen-bond donors (Lipinski definition) is 0. The highest BCUT2D eigenvalue weighted by atomic mass is 35.5. The highest BCUT2D eigenvalue weighted by Gasteiger charge is 2.30. The Bertz CT molecular complexity index is 1670. The fraction of sp³-hybridized carbons (Fsp3) is 0.375. The zero-order valence-electron chi connectivity index (χ0n) is 23.8. The van der Waals surface area contributed by atoms with Gasteiger partial charge in [-0.15, -0.1) is 0 Å². The van der Waals surface area contributed by atoms with Crippen LogP contribution in [-0.4, -0.2) is 73.0 Å². The van der Waals surface area contributed by atoms with E-state index in [9.17, 15) is 9.18 Å². The quantitative estimate of drug-likeness (QED) is 0.265. The van der Waals surface area contributed by atoms with Gasteiger partial charge >= 0.3 is 5.97 Å². The van der Waals surface area contributed by atoms with E-state index in [2.05, 4.69) is 14.4 Å². The van der Waals surface area contributed by atoms with Gasteiger partial charge in [-0.25, -0.2) is 14.2 Å². The van der Waals surface area contributed by atoms with Crippen LogP contribution >= 0.6 is 11.6 Å². The van der Waals surface area contributed by atoms with E-state index in [-0.39, 0.29) is 18.7 Å². The van der Waals surface area contributed by atoms with E-state index < -0.39 is 11.9 Å². The Balaban J connectivity index is 1.07. The molecule has 0 saturated carbocycles. The Kier molecular flexibility index (Phi) is 7.58. The summed E-state index contributed by atoms with van der Waals surface area (Å²) in [5.74, 6) is 1.46. The molecule has 0 spiro atoms. The summed E-state index contributed by atoms with van der Waals surface area (Å²) in [6.07, 6.45) is 0.582. The lowest BCUT2D eigenvalue weighted by molar-refractivity contribution is -0.0592. The Hall–Kier alpha value is -3.86. The van der Waals surface area contributed by atoms with Gasteiger partial charge in [0, 0.05) is 43.4 Å². The van der Waals surface area contributed by atoms with E-state index in [0.717, 1.165) is 61.8 Å². The van der Waals surface area contributed by atoms with Crippen molar-refractivity contribution in [3.8, 4) is 11.5 Å². The standard InChI is InChI=1S/C32H32ClFN4O5/c1-40-32(39)20-5-8-25-27(15-20)38(17-22-9-14-41-22)30(35-25)18-36-10-12-37(13-11-36)26-3-2-4-28-31(26)43-29(19-42-28)23-7-6-21(33)16-24(23)34/h2-8,15-16,22,29H,9-14,17-19H2,1H3/t22-,29?/m0/s1. The molecular weight excluding hydrogens is 575 g/mol. The number of carbonyl (C=O) groups excluding carboxylic acids is 1. The summed E-state index contributed by atoms with van der Waals surface area (Å²) >= 11 is 5.96. The highest BCUT2D eigenvalue weighted by Crippen LogP contribution is 2.44. The van der Waals surface area contributed by atoms with Gasteiger partial charge in [0.2, 0.25) is 0 Å². The molecule has 0 amide bonds. The Morgan fingerprint density at radius 2 is 1.95 bits per heavy atom. The van der Waals surface area contributed by atoms with Crippen molar-refractivity contribution in [1.82, 2.24) is 14.5 Å². The maximum absolute atomic E-state index is 14.7. The molecule has 2 atom stereocenters. The molecule has 0 radical (unpaired) electrons. The number of methoxy groups -OCH3 is 1. The highest BCUT2D eigenvalue weighted by molar-refractivity contribution is 6.30. The minimum absolute atomic E-state index is 0.145. The maximum atomic E-state index is 14.7. The molecule has 0 aliphatic carbocycles. The lowest BCUT2D eigenvalue weighted by Gasteiger charge is -2.38. The van der Waals surface area contributed by atoms with Crippen LogP contribution in [0.5, 0.6) is 11.5 Å². The fourth-order valence-corrected chi connectivity index (χ4v) is 6.12. The van der Waals surface area contributed by atoms with Crippen LogP contribution in [0.4, 0.5) is 10.1 Å². The minimum atomic E-state index is -0.570. The number of fused-ring (bicyclic) bond motifs is 2. The van der Waals surface area contributed by atoms with Gasteiger partial charge in [-0.05, 0) is 48.9 Å². The van der Waals surface area contributed by atoms with Gasteiger partial charge in [-0.3, -0.25) is 4.90 Å².